The van der Waals surface area contributed by atoms with Gasteiger partial charge in [0, 0.05) is 39.1 Å². The van der Waals surface area contributed by atoms with Crippen LogP contribution >= 0.6 is 12.4 Å². The van der Waals surface area contributed by atoms with Crippen LogP contribution in [0.2, 0.25) is 0 Å². The number of piperazine rings is 1. The van der Waals surface area contributed by atoms with Crippen LogP contribution in [0.4, 0.5) is 0 Å². The van der Waals surface area contributed by atoms with Crippen molar-refractivity contribution in [2.45, 2.75) is 13.3 Å². The van der Waals surface area contributed by atoms with E-state index in [0.29, 0.717) is 57.1 Å². The third-order valence-electron chi connectivity index (χ3n) is 3.93. The molecule has 1 saturated heterocycles. The van der Waals surface area contributed by atoms with Crippen molar-refractivity contribution < 1.29 is 14.3 Å². The van der Waals surface area contributed by atoms with E-state index in [1.807, 2.05) is 37.1 Å². The molecular weight excluding hydrogens is 330 g/mol. The van der Waals surface area contributed by atoms with Crippen LogP contribution in [-0.2, 0) is 4.79 Å². The summed E-state index contributed by atoms with van der Waals surface area (Å²) in [5.41, 5.74) is 0.587. The first-order chi connectivity index (χ1) is 11.2. The second-order valence-electron chi connectivity index (χ2n) is 5.46. The Balaban J connectivity index is 0.00000288. The minimum absolute atomic E-state index is 0. The molecule has 0 spiro atoms. The quantitative estimate of drug-likeness (QED) is 0.838. The Hall–Kier alpha value is -1.79. The molecule has 0 aliphatic carbocycles. The number of carbonyl (C=O) groups excluding carboxylic acids is 2. The first kappa shape index (κ1) is 20.3. The first-order valence-electron chi connectivity index (χ1n) is 8.10. The van der Waals surface area contributed by atoms with Crippen LogP contribution in [0.25, 0.3) is 0 Å². The van der Waals surface area contributed by atoms with Crippen molar-refractivity contribution in [2.24, 2.45) is 0 Å². The Bertz CT molecular complexity index is 546. The number of rotatable bonds is 6. The summed E-state index contributed by atoms with van der Waals surface area (Å²) in [6, 6.07) is 7.31. The lowest BCUT2D eigenvalue weighted by atomic mass is 10.1. The van der Waals surface area contributed by atoms with E-state index in [9.17, 15) is 9.59 Å². The van der Waals surface area contributed by atoms with Gasteiger partial charge in [-0.3, -0.25) is 9.59 Å². The number of halogens is 1. The molecule has 7 heteroatoms. The van der Waals surface area contributed by atoms with Crippen LogP contribution in [0, 0.1) is 0 Å². The second-order valence-corrected chi connectivity index (χ2v) is 5.46. The first-order valence-corrected chi connectivity index (χ1v) is 8.10. The van der Waals surface area contributed by atoms with Crippen molar-refractivity contribution in [1.82, 2.24) is 15.1 Å². The molecule has 134 valence electrons. The highest BCUT2D eigenvalue weighted by Gasteiger charge is 2.25. The fraction of sp³-hybridized carbons (Fsp3) is 0.529. The largest absolute Gasteiger partial charge is 0.493 e. The van der Waals surface area contributed by atoms with Gasteiger partial charge in [0.1, 0.15) is 5.75 Å². The number of hydrogen-bond acceptors (Lipinski definition) is 4. The van der Waals surface area contributed by atoms with E-state index in [-0.39, 0.29) is 24.2 Å². The van der Waals surface area contributed by atoms with Gasteiger partial charge in [0.05, 0.1) is 12.2 Å². The zero-order chi connectivity index (χ0) is 16.7. The Morgan fingerprint density at radius 3 is 2.38 bits per heavy atom. The van der Waals surface area contributed by atoms with Crippen molar-refractivity contribution in [1.29, 1.82) is 0 Å². The van der Waals surface area contributed by atoms with Crippen molar-refractivity contribution in [3.8, 4) is 5.75 Å². The predicted molar refractivity (Wildman–Crippen MR) is 95.9 cm³/mol. The van der Waals surface area contributed by atoms with Gasteiger partial charge in [-0.25, -0.2) is 0 Å². The van der Waals surface area contributed by atoms with Gasteiger partial charge in [0.25, 0.3) is 5.91 Å². The highest BCUT2D eigenvalue weighted by molar-refractivity contribution is 5.97. The topological polar surface area (TPSA) is 61.9 Å². The van der Waals surface area contributed by atoms with E-state index in [0.717, 1.165) is 0 Å². The molecule has 0 unspecified atom stereocenters. The fourth-order valence-electron chi connectivity index (χ4n) is 2.64. The Morgan fingerprint density at radius 1 is 1.12 bits per heavy atom. The molecule has 2 rings (SSSR count). The molecule has 6 nitrogen and oxygen atoms in total. The van der Waals surface area contributed by atoms with E-state index in [1.165, 1.54) is 0 Å². The van der Waals surface area contributed by atoms with Crippen LogP contribution in [0.3, 0.4) is 0 Å². The molecule has 1 heterocycles. The molecule has 0 radical (unpaired) electrons. The third kappa shape index (κ3) is 5.11. The summed E-state index contributed by atoms with van der Waals surface area (Å²) in [7, 11) is 1.83. The molecule has 1 aromatic carbocycles. The lowest BCUT2D eigenvalue weighted by Gasteiger charge is -2.35. The maximum absolute atomic E-state index is 12.7. The van der Waals surface area contributed by atoms with Crippen molar-refractivity contribution in [3.05, 3.63) is 29.8 Å². The molecular formula is C17H26ClN3O3. The van der Waals surface area contributed by atoms with Gasteiger partial charge in [-0.2, -0.15) is 0 Å². The Morgan fingerprint density at radius 2 is 1.75 bits per heavy atom. The lowest BCUT2D eigenvalue weighted by molar-refractivity contribution is -0.132. The summed E-state index contributed by atoms with van der Waals surface area (Å²) in [6.45, 7) is 5.40. The molecule has 2 amide bonds. The summed E-state index contributed by atoms with van der Waals surface area (Å²) < 4.78 is 5.53. The zero-order valence-electron chi connectivity index (χ0n) is 14.3. The summed E-state index contributed by atoms with van der Waals surface area (Å²) in [5, 5.41) is 2.98. The summed E-state index contributed by atoms with van der Waals surface area (Å²) >= 11 is 0. The molecule has 1 fully saturated rings. The Kier molecular flexibility index (Phi) is 8.57. The lowest BCUT2D eigenvalue weighted by Crippen LogP contribution is -2.50. The number of nitrogens with one attached hydrogen (secondary N) is 1. The van der Waals surface area contributed by atoms with Gasteiger partial charge in [0.2, 0.25) is 5.91 Å². The molecule has 1 aromatic rings. The van der Waals surface area contributed by atoms with Crippen molar-refractivity contribution in [2.75, 3.05) is 46.4 Å². The molecule has 24 heavy (non-hydrogen) atoms. The van der Waals surface area contributed by atoms with Gasteiger partial charge >= 0.3 is 0 Å². The van der Waals surface area contributed by atoms with Crippen molar-refractivity contribution >= 4 is 24.2 Å². The third-order valence-corrected chi connectivity index (χ3v) is 3.93. The minimum Gasteiger partial charge on any atom is -0.493 e. The van der Waals surface area contributed by atoms with Crippen LogP contribution in [-0.4, -0.2) is 68.0 Å². The smallest absolute Gasteiger partial charge is 0.257 e. The van der Waals surface area contributed by atoms with E-state index >= 15 is 0 Å². The van der Waals surface area contributed by atoms with Gasteiger partial charge in [-0.1, -0.05) is 12.1 Å². The highest BCUT2D eigenvalue weighted by Crippen LogP contribution is 2.20. The Labute approximate surface area is 149 Å². The highest BCUT2D eigenvalue weighted by atomic mass is 35.5. The number of benzene rings is 1. The van der Waals surface area contributed by atoms with Crippen LogP contribution in [0.15, 0.2) is 24.3 Å². The number of carbonyl (C=O) groups is 2. The molecule has 0 bridgehead atoms. The molecule has 1 aliphatic rings. The molecule has 1 N–H and O–H groups in total. The summed E-state index contributed by atoms with van der Waals surface area (Å²) in [4.78, 5) is 28.3. The number of para-hydroxylation sites is 1. The molecule has 0 saturated carbocycles. The maximum atomic E-state index is 12.7. The maximum Gasteiger partial charge on any atom is 0.257 e. The van der Waals surface area contributed by atoms with E-state index in [1.54, 1.807) is 11.0 Å². The molecule has 0 aromatic heterocycles. The number of hydrogen-bond donors (Lipinski definition) is 1. The normalized spacial score (nSPS) is 14.1. The van der Waals surface area contributed by atoms with E-state index in [4.69, 9.17) is 4.74 Å². The number of amides is 2. The zero-order valence-corrected chi connectivity index (χ0v) is 15.1. The SMILES string of the molecule is CCOc1ccccc1C(=O)N1CCN(C(=O)CCNC)CC1.Cl. The molecule has 0 atom stereocenters. The summed E-state index contributed by atoms with van der Waals surface area (Å²) in [6.07, 6.45) is 0.498. The van der Waals surface area contributed by atoms with E-state index < -0.39 is 0 Å². The second kappa shape index (κ2) is 10.2. The average molecular weight is 356 g/mol. The molecule has 1 aliphatic heterocycles. The van der Waals surface area contributed by atoms with Crippen LogP contribution in [0.1, 0.15) is 23.7 Å². The standard InChI is InChI=1S/C17H25N3O3.ClH/c1-3-23-15-7-5-4-6-14(15)17(22)20-12-10-19(11-13-20)16(21)8-9-18-2;/h4-7,18H,3,8-13H2,1-2H3;1H. The van der Waals surface area contributed by atoms with Gasteiger partial charge < -0.3 is 19.9 Å². The van der Waals surface area contributed by atoms with Gasteiger partial charge in [-0.15, -0.1) is 12.4 Å². The monoisotopic (exact) mass is 355 g/mol. The van der Waals surface area contributed by atoms with Gasteiger partial charge in [-0.05, 0) is 26.1 Å². The van der Waals surface area contributed by atoms with Crippen LogP contribution in [0.5, 0.6) is 5.75 Å². The number of nitrogens with zero attached hydrogens (tertiary/aromatic N) is 2. The van der Waals surface area contributed by atoms with Gasteiger partial charge in [0.15, 0.2) is 0 Å². The summed E-state index contributed by atoms with van der Waals surface area (Å²) in [5.74, 6) is 0.727. The average Bonchev–Trinajstić information content (AvgIpc) is 2.60. The van der Waals surface area contributed by atoms with Crippen LogP contribution < -0.4 is 10.1 Å². The van der Waals surface area contributed by atoms with E-state index in [2.05, 4.69) is 5.32 Å². The fourth-order valence-corrected chi connectivity index (χ4v) is 2.64. The minimum atomic E-state index is -0.0311. The number of ether oxygens (including phenoxy) is 1. The predicted octanol–water partition coefficient (Wildman–Crippen LogP) is 1.40. The van der Waals surface area contributed by atoms with Crippen molar-refractivity contribution in [3.63, 3.8) is 0 Å².